The highest BCUT2D eigenvalue weighted by Gasteiger charge is 2.18. The summed E-state index contributed by atoms with van der Waals surface area (Å²) in [5, 5.41) is 11.4. The first-order chi connectivity index (χ1) is 13.0. The van der Waals surface area contributed by atoms with Gasteiger partial charge in [0.2, 0.25) is 11.0 Å². The second-order valence-corrected chi connectivity index (χ2v) is 9.17. The second kappa shape index (κ2) is 8.88. The summed E-state index contributed by atoms with van der Waals surface area (Å²) in [5.41, 5.74) is 1.98. The minimum Gasteiger partial charge on any atom is -0.300 e. The van der Waals surface area contributed by atoms with E-state index in [4.69, 9.17) is 0 Å². The Hall–Kier alpha value is -2.58. The molecule has 0 atom stereocenters. The summed E-state index contributed by atoms with van der Waals surface area (Å²) in [6, 6.07) is 19.1. The number of carbonyl (C=O) groups excluding carboxylic acids is 1. The minimum absolute atomic E-state index is 0.0271. The molecular formula is C19H19N3O3S2. The first kappa shape index (κ1) is 19.2. The van der Waals surface area contributed by atoms with Crippen LogP contribution in [0.4, 0.5) is 5.13 Å². The molecule has 27 heavy (non-hydrogen) atoms. The Morgan fingerprint density at radius 3 is 2.33 bits per heavy atom. The molecule has 0 spiro atoms. The van der Waals surface area contributed by atoms with Gasteiger partial charge in [-0.2, -0.15) is 0 Å². The van der Waals surface area contributed by atoms with Gasteiger partial charge in [-0.15, -0.1) is 10.2 Å². The molecule has 1 amide bonds. The van der Waals surface area contributed by atoms with Gasteiger partial charge in [0.05, 0.1) is 5.75 Å². The van der Waals surface area contributed by atoms with Gasteiger partial charge >= 0.3 is 0 Å². The van der Waals surface area contributed by atoms with Gasteiger partial charge in [0.25, 0.3) is 0 Å². The van der Waals surface area contributed by atoms with Crippen molar-refractivity contribution in [1.29, 1.82) is 0 Å². The summed E-state index contributed by atoms with van der Waals surface area (Å²) in [6.07, 6.45) is 1.15. The van der Waals surface area contributed by atoms with Crippen molar-refractivity contribution < 1.29 is 13.2 Å². The van der Waals surface area contributed by atoms with Crippen LogP contribution in [0.15, 0.2) is 60.7 Å². The summed E-state index contributed by atoms with van der Waals surface area (Å²) in [4.78, 5) is 12.1. The number of rotatable bonds is 8. The molecule has 0 saturated carbocycles. The van der Waals surface area contributed by atoms with E-state index in [0.29, 0.717) is 23.0 Å². The number of nitrogens with one attached hydrogen (secondary N) is 1. The second-order valence-electron chi connectivity index (χ2n) is 6.01. The van der Waals surface area contributed by atoms with Gasteiger partial charge in [-0.25, -0.2) is 8.42 Å². The van der Waals surface area contributed by atoms with E-state index in [2.05, 4.69) is 15.5 Å². The van der Waals surface area contributed by atoms with E-state index in [0.717, 1.165) is 11.1 Å². The van der Waals surface area contributed by atoms with E-state index in [1.54, 1.807) is 0 Å². The highest BCUT2D eigenvalue weighted by atomic mass is 32.2. The van der Waals surface area contributed by atoms with E-state index in [1.807, 2.05) is 60.7 Å². The predicted molar refractivity (Wildman–Crippen MR) is 107 cm³/mol. The number of nitrogens with zero attached hydrogens (tertiary/aromatic N) is 2. The first-order valence-corrected chi connectivity index (χ1v) is 11.1. The SMILES string of the molecule is O=C(CS(=O)(=O)CCCc1ccccc1)Nc1nnc(-c2ccccc2)s1. The Kier molecular flexibility index (Phi) is 6.31. The maximum Gasteiger partial charge on any atom is 0.241 e. The van der Waals surface area contributed by atoms with Crippen LogP contribution in [0.2, 0.25) is 0 Å². The number of sulfone groups is 1. The van der Waals surface area contributed by atoms with Crippen LogP contribution < -0.4 is 5.32 Å². The van der Waals surface area contributed by atoms with Crippen LogP contribution in [0.3, 0.4) is 0 Å². The number of amides is 1. The van der Waals surface area contributed by atoms with Crippen molar-refractivity contribution in [3.8, 4) is 10.6 Å². The van der Waals surface area contributed by atoms with Crippen molar-refractivity contribution >= 4 is 32.2 Å². The van der Waals surface area contributed by atoms with Crippen LogP contribution in [-0.2, 0) is 21.1 Å². The predicted octanol–water partition coefficient (Wildman–Crippen LogP) is 3.19. The van der Waals surface area contributed by atoms with Crippen LogP contribution in [0, 0.1) is 0 Å². The molecule has 0 unspecified atom stereocenters. The zero-order chi connectivity index (χ0) is 19.1. The van der Waals surface area contributed by atoms with Crippen LogP contribution in [0.1, 0.15) is 12.0 Å². The smallest absolute Gasteiger partial charge is 0.241 e. The molecule has 1 N–H and O–H groups in total. The first-order valence-electron chi connectivity index (χ1n) is 8.45. The van der Waals surface area contributed by atoms with Gasteiger partial charge in [-0.1, -0.05) is 72.0 Å². The third kappa shape index (κ3) is 5.97. The molecule has 0 saturated heterocycles. The molecule has 1 aromatic heterocycles. The molecule has 0 radical (unpaired) electrons. The van der Waals surface area contributed by atoms with E-state index in [-0.39, 0.29) is 5.75 Å². The topological polar surface area (TPSA) is 89.0 Å². The number of aryl methyl sites for hydroxylation is 1. The number of anilines is 1. The highest BCUT2D eigenvalue weighted by Crippen LogP contribution is 2.25. The van der Waals surface area contributed by atoms with E-state index >= 15 is 0 Å². The molecule has 6 nitrogen and oxygen atoms in total. The zero-order valence-electron chi connectivity index (χ0n) is 14.5. The van der Waals surface area contributed by atoms with Crippen molar-refractivity contribution in [2.24, 2.45) is 0 Å². The van der Waals surface area contributed by atoms with Crippen LogP contribution in [-0.4, -0.2) is 36.0 Å². The Bertz CT molecular complexity index is 987. The third-order valence-corrected chi connectivity index (χ3v) is 6.31. The average molecular weight is 402 g/mol. The Labute approximate surface area is 162 Å². The molecular weight excluding hydrogens is 382 g/mol. The standard InChI is InChI=1S/C19H19N3O3S2/c23-17(14-27(24,25)13-7-10-15-8-3-1-4-9-15)20-19-22-21-18(26-19)16-11-5-2-6-12-16/h1-6,8-9,11-12H,7,10,13-14H2,(H,20,22,23). The number of carbonyl (C=O) groups is 1. The molecule has 0 aliphatic heterocycles. The lowest BCUT2D eigenvalue weighted by Gasteiger charge is -2.04. The van der Waals surface area contributed by atoms with Crippen molar-refractivity contribution in [1.82, 2.24) is 10.2 Å². The fourth-order valence-corrected chi connectivity index (χ4v) is 4.50. The molecule has 3 rings (SSSR count). The van der Waals surface area contributed by atoms with Gasteiger partial charge in [0.1, 0.15) is 10.8 Å². The summed E-state index contributed by atoms with van der Waals surface area (Å²) in [5.74, 6) is -1.17. The van der Waals surface area contributed by atoms with Gasteiger partial charge < -0.3 is 0 Å². The fourth-order valence-electron chi connectivity index (χ4n) is 2.54. The number of hydrogen-bond acceptors (Lipinski definition) is 6. The van der Waals surface area contributed by atoms with Crippen molar-refractivity contribution in [3.63, 3.8) is 0 Å². The molecule has 0 bridgehead atoms. The quantitative estimate of drug-likeness (QED) is 0.626. The Morgan fingerprint density at radius 2 is 1.63 bits per heavy atom. The van der Waals surface area contributed by atoms with Crippen LogP contribution in [0.25, 0.3) is 10.6 Å². The Morgan fingerprint density at radius 1 is 0.963 bits per heavy atom. The molecule has 0 aliphatic rings. The van der Waals surface area contributed by atoms with E-state index in [1.165, 1.54) is 11.3 Å². The van der Waals surface area contributed by atoms with Crippen LogP contribution >= 0.6 is 11.3 Å². The number of aromatic nitrogens is 2. The Balaban J connectivity index is 1.50. The number of benzene rings is 2. The van der Waals surface area contributed by atoms with Crippen molar-refractivity contribution in [2.45, 2.75) is 12.8 Å². The molecule has 140 valence electrons. The number of hydrogen-bond donors (Lipinski definition) is 1. The lowest BCUT2D eigenvalue weighted by atomic mass is 10.1. The monoisotopic (exact) mass is 401 g/mol. The summed E-state index contributed by atoms with van der Waals surface area (Å²) < 4.78 is 24.3. The molecule has 2 aromatic carbocycles. The minimum atomic E-state index is -3.47. The van der Waals surface area contributed by atoms with Crippen molar-refractivity contribution in [3.05, 3.63) is 66.2 Å². The maximum atomic E-state index is 12.2. The maximum absolute atomic E-state index is 12.2. The largest absolute Gasteiger partial charge is 0.300 e. The summed E-state index contributed by atoms with van der Waals surface area (Å²) >= 11 is 1.21. The van der Waals surface area contributed by atoms with E-state index in [9.17, 15) is 13.2 Å². The molecule has 0 fully saturated rings. The molecule has 0 aliphatic carbocycles. The average Bonchev–Trinajstić information content (AvgIpc) is 3.11. The molecule has 1 heterocycles. The lowest BCUT2D eigenvalue weighted by Crippen LogP contribution is -2.24. The molecule has 8 heteroatoms. The van der Waals surface area contributed by atoms with Gasteiger partial charge in [-0.3, -0.25) is 10.1 Å². The highest BCUT2D eigenvalue weighted by molar-refractivity contribution is 7.92. The zero-order valence-corrected chi connectivity index (χ0v) is 16.2. The molecule has 3 aromatic rings. The summed E-state index contributed by atoms with van der Waals surface area (Å²) in [6.45, 7) is 0. The van der Waals surface area contributed by atoms with E-state index < -0.39 is 21.5 Å². The normalized spacial score (nSPS) is 11.3. The van der Waals surface area contributed by atoms with Gasteiger partial charge in [0.15, 0.2) is 9.84 Å². The fraction of sp³-hybridized carbons (Fsp3) is 0.211. The van der Waals surface area contributed by atoms with Crippen LogP contribution in [0.5, 0.6) is 0 Å². The summed E-state index contributed by atoms with van der Waals surface area (Å²) in [7, 11) is -3.47. The van der Waals surface area contributed by atoms with Gasteiger partial charge in [-0.05, 0) is 18.4 Å². The lowest BCUT2D eigenvalue weighted by molar-refractivity contribution is -0.113. The van der Waals surface area contributed by atoms with Gasteiger partial charge in [0, 0.05) is 5.56 Å². The van der Waals surface area contributed by atoms with Crippen molar-refractivity contribution in [2.75, 3.05) is 16.8 Å². The third-order valence-electron chi connectivity index (χ3n) is 3.81.